The van der Waals surface area contributed by atoms with Crippen LogP contribution in [0.25, 0.3) is 10.8 Å². The fourth-order valence-electron chi connectivity index (χ4n) is 2.61. The van der Waals surface area contributed by atoms with Gasteiger partial charge in [-0.3, -0.25) is 14.9 Å². The molecule has 0 atom stereocenters. The molecule has 0 saturated heterocycles. The summed E-state index contributed by atoms with van der Waals surface area (Å²) in [5.74, 6) is -1.41. The van der Waals surface area contributed by atoms with Crippen molar-refractivity contribution < 1.29 is 24.4 Å². The highest BCUT2D eigenvalue weighted by molar-refractivity contribution is 6.09. The number of hydrogen-bond acceptors (Lipinski definition) is 6. The van der Waals surface area contributed by atoms with Crippen molar-refractivity contribution in [1.82, 2.24) is 0 Å². The van der Waals surface area contributed by atoms with Crippen LogP contribution < -0.4 is 5.32 Å². The van der Waals surface area contributed by atoms with E-state index < -0.39 is 16.8 Å². The normalized spacial score (nSPS) is 10.4. The largest absolute Gasteiger partial charge is 0.507 e. The number of non-ortho nitro benzene ring substituents is 1. The summed E-state index contributed by atoms with van der Waals surface area (Å²) in [6.45, 7) is 0. The Bertz CT molecular complexity index is 1080. The lowest BCUT2D eigenvalue weighted by molar-refractivity contribution is -0.384. The summed E-state index contributed by atoms with van der Waals surface area (Å²) in [4.78, 5) is 34.4. The van der Waals surface area contributed by atoms with Gasteiger partial charge < -0.3 is 15.2 Å². The molecule has 27 heavy (non-hydrogen) atoms. The van der Waals surface area contributed by atoms with Crippen molar-refractivity contribution in [2.24, 2.45) is 0 Å². The molecule has 0 bridgehead atoms. The van der Waals surface area contributed by atoms with Crippen molar-refractivity contribution in [2.45, 2.75) is 0 Å². The van der Waals surface area contributed by atoms with Crippen LogP contribution in [0.15, 0.2) is 54.6 Å². The standard InChI is InChI=1S/C19H14N2O6/c1-27-19(24)12-6-5-11-9-17(22)16(8-13(11)7-12)18(23)20-14-3-2-4-15(10-14)21(25)26/h2-10,22H,1H3,(H,20,23). The first-order valence-corrected chi connectivity index (χ1v) is 7.80. The molecule has 0 radical (unpaired) electrons. The molecule has 0 fully saturated rings. The number of nitrogens with one attached hydrogen (secondary N) is 1. The fraction of sp³-hybridized carbons (Fsp3) is 0.0526. The minimum atomic E-state index is -0.640. The zero-order valence-electron chi connectivity index (χ0n) is 14.1. The van der Waals surface area contributed by atoms with Crippen LogP contribution in [0.3, 0.4) is 0 Å². The minimum Gasteiger partial charge on any atom is -0.507 e. The summed E-state index contributed by atoms with van der Waals surface area (Å²) in [6.07, 6.45) is 0. The van der Waals surface area contributed by atoms with Gasteiger partial charge in [0.2, 0.25) is 0 Å². The molecule has 0 aliphatic carbocycles. The maximum atomic E-state index is 12.5. The summed E-state index contributed by atoms with van der Waals surface area (Å²) < 4.78 is 4.67. The molecule has 8 heteroatoms. The summed E-state index contributed by atoms with van der Waals surface area (Å²) >= 11 is 0. The smallest absolute Gasteiger partial charge is 0.337 e. The molecule has 0 aliphatic heterocycles. The van der Waals surface area contributed by atoms with Gasteiger partial charge in [0.15, 0.2) is 0 Å². The zero-order valence-corrected chi connectivity index (χ0v) is 14.1. The van der Waals surface area contributed by atoms with Crippen molar-refractivity contribution in [3.05, 3.63) is 75.8 Å². The predicted octanol–water partition coefficient (Wildman–Crippen LogP) is 3.49. The van der Waals surface area contributed by atoms with Gasteiger partial charge in [-0.1, -0.05) is 12.1 Å². The molecule has 0 spiro atoms. The lowest BCUT2D eigenvalue weighted by atomic mass is 10.0. The number of nitro groups is 1. The van der Waals surface area contributed by atoms with Gasteiger partial charge in [0.05, 0.1) is 23.2 Å². The van der Waals surface area contributed by atoms with Crippen LogP contribution >= 0.6 is 0 Å². The Morgan fingerprint density at radius 1 is 1.07 bits per heavy atom. The molecule has 0 aliphatic rings. The van der Waals surface area contributed by atoms with Gasteiger partial charge in [-0.25, -0.2) is 4.79 Å². The van der Waals surface area contributed by atoms with E-state index in [1.165, 1.54) is 43.5 Å². The van der Waals surface area contributed by atoms with Crippen LogP contribution in [0.4, 0.5) is 11.4 Å². The van der Waals surface area contributed by atoms with Crippen LogP contribution in [0, 0.1) is 10.1 Å². The number of hydrogen-bond donors (Lipinski definition) is 2. The van der Waals surface area contributed by atoms with Gasteiger partial charge in [-0.2, -0.15) is 0 Å². The molecular formula is C19H14N2O6. The fourth-order valence-corrected chi connectivity index (χ4v) is 2.61. The highest BCUT2D eigenvalue weighted by Crippen LogP contribution is 2.27. The first kappa shape index (κ1) is 17.9. The average molecular weight is 366 g/mol. The van der Waals surface area contributed by atoms with E-state index >= 15 is 0 Å². The number of anilines is 1. The number of methoxy groups -OCH3 is 1. The summed E-state index contributed by atoms with van der Waals surface area (Å²) in [6, 6.07) is 13.0. The molecule has 0 saturated carbocycles. The first-order valence-electron chi connectivity index (χ1n) is 7.80. The van der Waals surface area contributed by atoms with Gasteiger partial charge in [-0.05, 0) is 41.1 Å². The molecule has 8 nitrogen and oxygen atoms in total. The molecule has 0 aromatic heterocycles. The zero-order chi connectivity index (χ0) is 19.6. The number of aromatic hydroxyl groups is 1. The lowest BCUT2D eigenvalue weighted by Gasteiger charge is -2.09. The number of carbonyl (C=O) groups is 2. The van der Waals surface area contributed by atoms with Crippen molar-refractivity contribution in [1.29, 1.82) is 0 Å². The third-order valence-corrected chi connectivity index (χ3v) is 3.94. The van der Waals surface area contributed by atoms with Crippen molar-refractivity contribution >= 4 is 34.0 Å². The van der Waals surface area contributed by atoms with Crippen molar-refractivity contribution in [3.63, 3.8) is 0 Å². The predicted molar refractivity (Wildman–Crippen MR) is 98.0 cm³/mol. The molecule has 136 valence electrons. The van der Waals surface area contributed by atoms with Gasteiger partial charge in [0, 0.05) is 17.8 Å². The van der Waals surface area contributed by atoms with E-state index in [1.54, 1.807) is 18.2 Å². The average Bonchev–Trinajstić information content (AvgIpc) is 2.66. The number of fused-ring (bicyclic) bond motifs is 1. The van der Waals surface area contributed by atoms with Gasteiger partial charge in [0.1, 0.15) is 5.75 Å². The molecular weight excluding hydrogens is 352 g/mol. The number of benzene rings is 3. The van der Waals surface area contributed by atoms with E-state index in [-0.39, 0.29) is 22.7 Å². The molecule has 0 heterocycles. The second-order valence-corrected chi connectivity index (χ2v) is 5.68. The maximum absolute atomic E-state index is 12.5. The van der Waals surface area contributed by atoms with Crippen LogP contribution in [-0.2, 0) is 4.74 Å². The molecule has 3 rings (SSSR count). The number of rotatable bonds is 4. The topological polar surface area (TPSA) is 119 Å². The number of phenols is 1. The Hall–Kier alpha value is -3.94. The second-order valence-electron chi connectivity index (χ2n) is 5.68. The second kappa shape index (κ2) is 7.12. The molecule has 2 N–H and O–H groups in total. The Morgan fingerprint density at radius 2 is 1.85 bits per heavy atom. The Balaban J connectivity index is 1.96. The maximum Gasteiger partial charge on any atom is 0.337 e. The van der Waals surface area contributed by atoms with E-state index in [0.29, 0.717) is 16.3 Å². The van der Waals surface area contributed by atoms with E-state index in [1.807, 2.05) is 0 Å². The number of carbonyl (C=O) groups excluding carboxylic acids is 2. The Kier molecular flexibility index (Phi) is 4.71. The molecule has 0 unspecified atom stereocenters. The van der Waals surface area contributed by atoms with Crippen LogP contribution in [0.1, 0.15) is 20.7 Å². The van der Waals surface area contributed by atoms with Crippen molar-refractivity contribution in [3.8, 4) is 5.75 Å². The number of amides is 1. The monoisotopic (exact) mass is 366 g/mol. The van der Waals surface area contributed by atoms with Gasteiger partial charge in [0.25, 0.3) is 11.6 Å². The number of esters is 1. The van der Waals surface area contributed by atoms with Crippen LogP contribution in [-0.4, -0.2) is 29.0 Å². The highest BCUT2D eigenvalue weighted by atomic mass is 16.6. The minimum absolute atomic E-state index is 0.0315. The molecule has 1 amide bonds. The Morgan fingerprint density at radius 3 is 2.56 bits per heavy atom. The summed E-state index contributed by atoms with van der Waals surface area (Å²) in [5.41, 5.74) is 0.326. The number of ether oxygens (including phenoxy) is 1. The van der Waals surface area contributed by atoms with Gasteiger partial charge >= 0.3 is 5.97 Å². The third kappa shape index (κ3) is 3.69. The third-order valence-electron chi connectivity index (χ3n) is 3.94. The van der Waals surface area contributed by atoms with Gasteiger partial charge in [-0.15, -0.1) is 0 Å². The molecule has 3 aromatic rings. The SMILES string of the molecule is COC(=O)c1ccc2cc(O)c(C(=O)Nc3cccc([N+](=O)[O-])c3)cc2c1. The molecule has 3 aromatic carbocycles. The number of nitrogens with zero attached hydrogens (tertiary/aromatic N) is 1. The van der Waals surface area contributed by atoms with E-state index in [9.17, 15) is 24.8 Å². The van der Waals surface area contributed by atoms with Crippen LogP contribution in [0.2, 0.25) is 0 Å². The van der Waals surface area contributed by atoms with E-state index in [4.69, 9.17) is 0 Å². The first-order chi connectivity index (χ1) is 12.9. The van der Waals surface area contributed by atoms with E-state index in [0.717, 1.165) is 0 Å². The number of phenolic OH excluding ortho intramolecular Hbond substituents is 1. The summed E-state index contributed by atoms with van der Waals surface area (Å²) in [5, 5.41) is 24.7. The Labute approximate surface area is 153 Å². The van der Waals surface area contributed by atoms with Crippen molar-refractivity contribution in [2.75, 3.05) is 12.4 Å². The van der Waals surface area contributed by atoms with Crippen LogP contribution in [0.5, 0.6) is 5.75 Å². The number of nitro benzene ring substituents is 1. The quantitative estimate of drug-likeness (QED) is 0.414. The highest BCUT2D eigenvalue weighted by Gasteiger charge is 2.15. The lowest BCUT2D eigenvalue weighted by Crippen LogP contribution is -2.12. The summed E-state index contributed by atoms with van der Waals surface area (Å²) in [7, 11) is 1.27. The van der Waals surface area contributed by atoms with E-state index in [2.05, 4.69) is 10.1 Å².